The summed E-state index contributed by atoms with van der Waals surface area (Å²) in [6.07, 6.45) is -2.03. The van der Waals surface area contributed by atoms with Gasteiger partial charge >= 0.3 is 0 Å². The van der Waals surface area contributed by atoms with Crippen LogP contribution in [0.4, 0.5) is 0 Å². The number of aliphatic hydroxyl groups is 2. The quantitative estimate of drug-likeness (QED) is 0.826. The van der Waals surface area contributed by atoms with Crippen LogP contribution in [0.25, 0.3) is 0 Å². The Morgan fingerprint density at radius 2 is 2.00 bits per heavy atom. The van der Waals surface area contributed by atoms with Crippen molar-refractivity contribution >= 4 is 0 Å². The molecule has 4 heteroatoms. The van der Waals surface area contributed by atoms with E-state index in [0.29, 0.717) is 13.0 Å². The molecule has 0 aromatic heterocycles. The zero-order valence-corrected chi connectivity index (χ0v) is 9.82. The van der Waals surface area contributed by atoms with Crippen LogP contribution in [0.1, 0.15) is 18.9 Å². The lowest BCUT2D eigenvalue weighted by atomic mass is 10.0. The van der Waals surface area contributed by atoms with Crippen LogP contribution in [-0.4, -0.2) is 34.8 Å². The van der Waals surface area contributed by atoms with Crippen molar-refractivity contribution in [3.05, 3.63) is 35.9 Å². The first-order chi connectivity index (χ1) is 8.16. The van der Waals surface area contributed by atoms with Crippen LogP contribution >= 0.6 is 0 Å². The lowest BCUT2D eigenvalue weighted by Crippen LogP contribution is -2.48. The van der Waals surface area contributed by atoms with Crippen molar-refractivity contribution < 1.29 is 19.7 Å². The van der Waals surface area contributed by atoms with Gasteiger partial charge in [-0.3, -0.25) is 0 Å². The van der Waals surface area contributed by atoms with Crippen LogP contribution in [0.15, 0.2) is 30.3 Å². The van der Waals surface area contributed by atoms with Crippen LogP contribution in [0.2, 0.25) is 0 Å². The van der Waals surface area contributed by atoms with E-state index in [9.17, 15) is 10.2 Å². The number of ether oxygens (including phenoxy) is 2. The van der Waals surface area contributed by atoms with Crippen molar-refractivity contribution in [3.63, 3.8) is 0 Å². The normalized spacial score (nSPS) is 33.6. The van der Waals surface area contributed by atoms with E-state index in [4.69, 9.17) is 9.47 Å². The molecule has 1 saturated heterocycles. The number of benzene rings is 1. The number of hydrogen-bond acceptors (Lipinski definition) is 4. The summed E-state index contributed by atoms with van der Waals surface area (Å²) < 4.78 is 10.7. The Balaban J connectivity index is 1.89. The van der Waals surface area contributed by atoms with Gasteiger partial charge in [0.2, 0.25) is 0 Å². The molecule has 2 rings (SSSR count). The van der Waals surface area contributed by atoms with E-state index in [1.165, 1.54) is 0 Å². The molecule has 1 aromatic rings. The largest absolute Gasteiger partial charge is 0.385 e. The Hall–Kier alpha value is -0.940. The molecule has 0 saturated carbocycles. The summed E-state index contributed by atoms with van der Waals surface area (Å²) in [5, 5.41) is 19.2. The highest BCUT2D eigenvalue weighted by Gasteiger charge is 2.35. The summed E-state index contributed by atoms with van der Waals surface area (Å²) >= 11 is 0. The van der Waals surface area contributed by atoms with Crippen molar-refractivity contribution in [1.82, 2.24) is 0 Å². The predicted octanol–water partition coefficient (Wildman–Crippen LogP) is 1.06. The Kier molecular flexibility index (Phi) is 4.12. The van der Waals surface area contributed by atoms with Crippen molar-refractivity contribution in [2.45, 2.75) is 44.6 Å². The molecule has 2 N–H and O–H groups in total. The van der Waals surface area contributed by atoms with Gasteiger partial charge < -0.3 is 19.7 Å². The molecule has 4 atom stereocenters. The molecular weight excluding hydrogens is 220 g/mol. The van der Waals surface area contributed by atoms with E-state index in [-0.39, 0.29) is 12.2 Å². The summed E-state index contributed by atoms with van der Waals surface area (Å²) in [5.41, 5.74) is 1.05. The standard InChI is InChI=1S/C13H18O4/c1-9-7-11(12(14)13(15)17-9)16-8-10-5-3-2-4-6-10/h2-6,9,11-15H,7-8H2,1H3/t9-,11+,12-,13-/m1/s1. The maximum atomic E-state index is 9.73. The van der Waals surface area contributed by atoms with Crippen molar-refractivity contribution in [2.75, 3.05) is 0 Å². The molecule has 1 aliphatic heterocycles. The van der Waals surface area contributed by atoms with Crippen LogP contribution in [-0.2, 0) is 16.1 Å². The van der Waals surface area contributed by atoms with Crippen molar-refractivity contribution in [2.24, 2.45) is 0 Å². The van der Waals surface area contributed by atoms with Crippen LogP contribution in [0.3, 0.4) is 0 Å². The first kappa shape index (κ1) is 12.5. The Labute approximate surface area is 101 Å². The fraction of sp³-hybridized carbons (Fsp3) is 0.538. The van der Waals surface area contributed by atoms with Gasteiger partial charge in [-0.2, -0.15) is 0 Å². The molecule has 94 valence electrons. The lowest BCUT2D eigenvalue weighted by Gasteiger charge is -2.35. The zero-order chi connectivity index (χ0) is 12.3. The monoisotopic (exact) mass is 238 g/mol. The minimum Gasteiger partial charge on any atom is -0.385 e. The molecule has 1 heterocycles. The van der Waals surface area contributed by atoms with Crippen LogP contribution in [0.5, 0.6) is 0 Å². The van der Waals surface area contributed by atoms with Gasteiger partial charge in [0, 0.05) is 6.42 Å². The summed E-state index contributed by atoms with van der Waals surface area (Å²) in [6.45, 7) is 2.29. The molecule has 0 spiro atoms. The Bertz CT molecular complexity index is 341. The molecule has 1 aliphatic rings. The molecular formula is C13H18O4. The second-order valence-electron chi connectivity index (χ2n) is 4.40. The average molecular weight is 238 g/mol. The highest BCUT2D eigenvalue weighted by molar-refractivity contribution is 5.13. The topological polar surface area (TPSA) is 58.9 Å². The molecule has 0 amide bonds. The maximum Gasteiger partial charge on any atom is 0.183 e. The van der Waals surface area contributed by atoms with Gasteiger partial charge in [-0.05, 0) is 12.5 Å². The van der Waals surface area contributed by atoms with E-state index in [1.807, 2.05) is 37.3 Å². The zero-order valence-electron chi connectivity index (χ0n) is 9.82. The van der Waals surface area contributed by atoms with E-state index in [1.54, 1.807) is 0 Å². The van der Waals surface area contributed by atoms with Gasteiger partial charge in [0.1, 0.15) is 6.10 Å². The molecule has 0 bridgehead atoms. The van der Waals surface area contributed by atoms with Gasteiger partial charge in [-0.25, -0.2) is 0 Å². The highest BCUT2D eigenvalue weighted by atomic mass is 16.6. The first-order valence-corrected chi connectivity index (χ1v) is 5.84. The second-order valence-corrected chi connectivity index (χ2v) is 4.40. The van der Waals surface area contributed by atoms with Crippen molar-refractivity contribution in [3.8, 4) is 0 Å². The number of rotatable bonds is 3. The Morgan fingerprint density at radius 3 is 2.71 bits per heavy atom. The Morgan fingerprint density at radius 1 is 1.29 bits per heavy atom. The average Bonchev–Trinajstić information content (AvgIpc) is 2.33. The van der Waals surface area contributed by atoms with Gasteiger partial charge in [-0.15, -0.1) is 0 Å². The number of aliphatic hydroxyl groups excluding tert-OH is 2. The van der Waals surface area contributed by atoms with E-state index < -0.39 is 12.4 Å². The van der Waals surface area contributed by atoms with E-state index in [0.717, 1.165) is 5.56 Å². The fourth-order valence-electron chi connectivity index (χ4n) is 1.97. The van der Waals surface area contributed by atoms with Gasteiger partial charge in [-0.1, -0.05) is 30.3 Å². The smallest absolute Gasteiger partial charge is 0.183 e. The van der Waals surface area contributed by atoms with Gasteiger partial charge in [0.05, 0.1) is 18.8 Å². The van der Waals surface area contributed by atoms with Gasteiger partial charge in [0.15, 0.2) is 6.29 Å². The van der Waals surface area contributed by atoms with Crippen LogP contribution < -0.4 is 0 Å². The summed E-state index contributed by atoms with van der Waals surface area (Å²) in [4.78, 5) is 0. The third kappa shape index (κ3) is 3.26. The molecule has 1 aromatic carbocycles. The van der Waals surface area contributed by atoms with Gasteiger partial charge in [0.25, 0.3) is 0 Å². The molecule has 0 unspecified atom stereocenters. The second kappa shape index (κ2) is 5.60. The number of hydrogen-bond donors (Lipinski definition) is 2. The first-order valence-electron chi connectivity index (χ1n) is 5.84. The minimum absolute atomic E-state index is 0.103. The highest BCUT2D eigenvalue weighted by Crippen LogP contribution is 2.22. The SMILES string of the molecule is C[C@@H]1C[C@H](OCc2ccccc2)[C@@H](O)[C@H](O)O1. The molecule has 0 radical (unpaired) electrons. The molecule has 17 heavy (non-hydrogen) atoms. The summed E-state index contributed by atoms with van der Waals surface area (Å²) in [5.74, 6) is 0. The lowest BCUT2D eigenvalue weighted by molar-refractivity contribution is -0.253. The predicted molar refractivity (Wildman–Crippen MR) is 62.2 cm³/mol. The fourth-order valence-corrected chi connectivity index (χ4v) is 1.97. The molecule has 1 fully saturated rings. The third-order valence-corrected chi connectivity index (χ3v) is 2.92. The minimum atomic E-state index is -1.15. The third-order valence-electron chi connectivity index (χ3n) is 2.92. The summed E-state index contributed by atoms with van der Waals surface area (Å²) in [7, 11) is 0. The van der Waals surface area contributed by atoms with E-state index >= 15 is 0 Å². The van der Waals surface area contributed by atoms with Crippen LogP contribution in [0, 0.1) is 0 Å². The molecule has 0 aliphatic carbocycles. The van der Waals surface area contributed by atoms with E-state index in [2.05, 4.69) is 0 Å². The molecule has 4 nitrogen and oxygen atoms in total. The summed E-state index contributed by atoms with van der Waals surface area (Å²) in [6, 6.07) is 9.75. The maximum absolute atomic E-state index is 9.73. The van der Waals surface area contributed by atoms with Crippen molar-refractivity contribution in [1.29, 1.82) is 0 Å².